The van der Waals surface area contributed by atoms with Gasteiger partial charge in [0.25, 0.3) is 11.5 Å². The van der Waals surface area contributed by atoms with Crippen LogP contribution in [0, 0.1) is 0 Å². The SMILES string of the molecule is O=C(Cn1c2c(c(=O)n3nc(-c4cnn(C(F)F)c4)nc13)C1(CCN(C(=O)c3ncccc3O)CC1)OCC2)Nc1ccc(C(F)(F)F)cc1Cl. The van der Waals surface area contributed by atoms with E-state index in [0.29, 0.717) is 16.4 Å². The van der Waals surface area contributed by atoms with Crippen LogP contribution < -0.4 is 10.9 Å². The standard InChI is InChI=1S/C31H25ClF5N9O5/c32-18-12-17(31(35,36)37)3-4-19(18)40-22(48)15-44-20-5-11-51-30(6-9-43(10-7-30)27(50)24-21(47)2-1-8-38-24)23(20)26(49)46-29(44)41-25(42-46)16-13-39-45(14-16)28(33)34/h1-4,8,12-14,28,47H,5-7,9-11,15H2,(H,40,48). The lowest BCUT2D eigenvalue weighted by Gasteiger charge is -2.44. The summed E-state index contributed by atoms with van der Waals surface area (Å²) in [6.07, 6.45) is -0.805. The molecule has 14 nitrogen and oxygen atoms in total. The van der Waals surface area contributed by atoms with Gasteiger partial charge in [0, 0.05) is 37.6 Å². The normalized spacial score (nSPS) is 15.8. The number of amides is 2. The van der Waals surface area contributed by atoms with Crippen LogP contribution in [-0.2, 0) is 34.3 Å². The fourth-order valence-electron chi connectivity index (χ4n) is 6.38. The molecule has 0 atom stereocenters. The molecule has 0 bridgehead atoms. The summed E-state index contributed by atoms with van der Waals surface area (Å²) in [5.41, 5.74) is -2.58. The average molecular weight is 734 g/mol. The number of rotatable bonds is 6. The van der Waals surface area contributed by atoms with Crippen molar-refractivity contribution in [1.82, 2.24) is 38.8 Å². The van der Waals surface area contributed by atoms with E-state index in [1.54, 1.807) is 0 Å². The number of pyridine rings is 1. The van der Waals surface area contributed by atoms with E-state index in [-0.39, 0.29) is 83.8 Å². The maximum atomic E-state index is 14.3. The lowest BCUT2D eigenvalue weighted by atomic mass is 9.81. The Morgan fingerprint density at radius 3 is 2.59 bits per heavy atom. The number of alkyl halides is 5. The average Bonchev–Trinajstić information content (AvgIpc) is 3.76. The molecule has 0 radical (unpaired) electrons. The van der Waals surface area contributed by atoms with Gasteiger partial charge in [-0.1, -0.05) is 11.6 Å². The van der Waals surface area contributed by atoms with Gasteiger partial charge in [0.05, 0.1) is 40.2 Å². The molecule has 7 rings (SSSR count). The summed E-state index contributed by atoms with van der Waals surface area (Å²) in [5, 5.41) is 20.2. The van der Waals surface area contributed by atoms with Crippen molar-refractivity contribution < 1.29 is 41.4 Å². The molecule has 20 heteroatoms. The number of aromatic hydroxyl groups is 1. The van der Waals surface area contributed by atoms with Gasteiger partial charge in [-0.3, -0.25) is 14.4 Å². The number of nitrogens with one attached hydrogen (secondary N) is 1. The summed E-state index contributed by atoms with van der Waals surface area (Å²) >= 11 is 6.08. The van der Waals surface area contributed by atoms with Crippen molar-refractivity contribution in [2.24, 2.45) is 0 Å². The van der Waals surface area contributed by atoms with Crippen LogP contribution in [0.1, 0.15) is 46.7 Å². The predicted molar refractivity (Wildman–Crippen MR) is 167 cm³/mol. The van der Waals surface area contributed by atoms with E-state index in [1.807, 2.05) is 0 Å². The van der Waals surface area contributed by atoms with Crippen LogP contribution in [0.5, 0.6) is 5.75 Å². The Morgan fingerprint density at radius 2 is 1.92 bits per heavy atom. The maximum absolute atomic E-state index is 14.3. The molecule has 1 fully saturated rings. The van der Waals surface area contributed by atoms with Gasteiger partial charge < -0.3 is 24.6 Å². The number of aromatic nitrogens is 7. The van der Waals surface area contributed by atoms with E-state index >= 15 is 0 Å². The van der Waals surface area contributed by atoms with Crippen molar-refractivity contribution in [1.29, 1.82) is 0 Å². The molecule has 1 aromatic carbocycles. The Bertz CT molecular complexity index is 2240. The molecule has 2 N–H and O–H groups in total. The van der Waals surface area contributed by atoms with Gasteiger partial charge in [0.1, 0.15) is 17.9 Å². The fourth-order valence-corrected chi connectivity index (χ4v) is 6.61. The zero-order valence-corrected chi connectivity index (χ0v) is 26.8. The molecule has 0 unspecified atom stereocenters. The van der Waals surface area contributed by atoms with Gasteiger partial charge in [0.2, 0.25) is 11.7 Å². The number of hydrogen-bond acceptors (Lipinski definition) is 9. The van der Waals surface area contributed by atoms with E-state index < -0.39 is 47.8 Å². The largest absolute Gasteiger partial charge is 0.505 e. The molecule has 1 spiro atoms. The number of carbonyl (C=O) groups is 2. The first-order valence-electron chi connectivity index (χ1n) is 15.4. The minimum Gasteiger partial charge on any atom is -0.505 e. The third-order valence-electron chi connectivity index (χ3n) is 8.80. The molecule has 2 aliphatic heterocycles. The molecule has 2 aliphatic rings. The van der Waals surface area contributed by atoms with E-state index in [4.69, 9.17) is 16.3 Å². The molecule has 51 heavy (non-hydrogen) atoms. The molecule has 5 aromatic rings. The zero-order valence-electron chi connectivity index (χ0n) is 26.1. The summed E-state index contributed by atoms with van der Waals surface area (Å²) in [6.45, 7) is -3.16. The topological polar surface area (TPSA) is 162 Å². The third-order valence-corrected chi connectivity index (χ3v) is 9.12. The van der Waals surface area contributed by atoms with Crippen molar-refractivity contribution in [2.75, 3.05) is 25.0 Å². The maximum Gasteiger partial charge on any atom is 0.416 e. The van der Waals surface area contributed by atoms with Gasteiger partial charge in [-0.15, -0.1) is 5.10 Å². The monoisotopic (exact) mass is 733 g/mol. The van der Waals surface area contributed by atoms with Crippen molar-refractivity contribution in [3.05, 3.63) is 86.8 Å². The number of piperidine rings is 1. The first-order valence-corrected chi connectivity index (χ1v) is 15.7. The number of hydrogen-bond donors (Lipinski definition) is 2. The lowest BCUT2D eigenvalue weighted by molar-refractivity contribution is -0.137. The van der Waals surface area contributed by atoms with Crippen molar-refractivity contribution >= 4 is 34.9 Å². The minimum atomic E-state index is -4.66. The smallest absolute Gasteiger partial charge is 0.416 e. The van der Waals surface area contributed by atoms with Gasteiger partial charge in [-0.05, 0) is 43.2 Å². The lowest BCUT2D eigenvalue weighted by Crippen LogP contribution is -2.52. The third kappa shape index (κ3) is 6.15. The second kappa shape index (κ2) is 12.7. The highest BCUT2D eigenvalue weighted by molar-refractivity contribution is 6.33. The number of nitrogens with zero attached hydrogens (tertiary/aromatic N) is 8. The van der Waals surface area contributed by atoms with Crippen LogP contribution in [0.25, 0.3) is 17.2 Å². The summed E-state index contributed by atoms with van der Waals surface area (Å²) < 4.78 is 75.1. The number of ether oxygens (including phenoxy) is 1. The molecule has 0 saturated carbocycles. The zero-order chi connectivity index (χ0) is 36.2. The number of fused-ring (bicyclic) bond motifs is 3. The number of halogens is 6. The van der Waals surface area contributed by atoms with Crippen LogP contribution in [0.3, 0.4) is 0 Å². The van der Waals surface area contributed by atoms with E-state index in [9.17, 15) is 41.4 Å². The highest BCUT2D eigenvalue weighted by Crippen LogP contribution is 2.41. The molecule has 6 heterocycles. The number of benzene rings is 1. The number of carbonyl (C=O) groups excluding carboxylic acids is 2. The highest BCUT2D eigenvalue weighted by Gasteiger charge is 2.46. The second-order valence-electron chi connectivity index (χ2n) is 11.8. The van der Waals surface area contributed by atoms with Gasteiger partial charge in [-0.25, -0.2) is 9.67 Å². The predicted octanol–water partition coefficient (Wildman–Crippen LogP) is 4.27. The highest BCUT2D eigenvalue weighted by atomic mass is 35.5. The van der Waals surface area contributed by atoms with Gasteiger partial charge >= 0.3 is 12.7 Å². The Morgan fingerprint density at radius 1 is 1.16 bits per heavy atom. The van der Waals surface area contributed by atoms with Gasteiger partial charge in [-0.2, -0.15) is 36.6 Å². The minimum absolute atomic E-state index is 0.0551. The molecule has 266 valence electrons. The van der Waals surface area contributed by atoms with Gasteiger partial charge in [0.15, 0.2) is 11.5 Å². The molecule has 0 aliphatic carbocycles. The number of anilines is 1. The molecular weight excluding hydrogens is 709 g/mol. The van der Waals surface area contributed by atoms with Crippen molar-refractivity contribution in [3.8, 4) is 17.1 Å². The van der Waals surface area contributed by atoms with E-state index in [0.717, 1.165) is 29.0 Å². The first kappa shape index (κ1) is 34.0. The van der Waals surface area contributed by atoms with Crippen molar-refractivity contribution in [3.63, 3.8) is 0 Å². The fraction of sp³-hybridized carbons (Fsp3) is 0.323. The summed E-state index contributed by atoms with van der Waals surface area (Å²) in [4.78, 5) is 50.8. The summed E-state index contributed by atoms with van der Waals surface area (Å²) in [5.74, 6) is -1.81. The summed E-state index contributed by atoms with van der Waals surface area (Å²) in [7, 11) is 0. The van der Waals surface area contributed by atoms with Crippen LogP contribution in [0.15, 0.2) is 53.7 Å². The first-order chi connectivity index (χ1) is 24.3. The van der Waals surface area contributed by atoms with Crippen LogP contribution >= 0.6 is 11.6 Å². The van der Waals surface area contributed by atoms with Crippen molar-refractivity contribution in [2.45, 2.75) is 44.1 Å². The van der Waals surface area contributed by atoms with E-state index in [1.165, 1.54) is 27.8 Å². The number of likely N-dealkylation sites (tertiary alicyclic amines) is 1. The summed E-state index contributed by atoms with van der Waals surface area (Å²) in [6, 6.07) is 5.27. The van der Waals surface area contributed by atoms with Crippen LogP contribution in [-0.4, -0.2) is 75.4 Å². The Balaban J connectivity index is 1.28. The second-order valence-corrected chi connectivity index (χ2v) is 12.3. The van der Waals surface area contributed by atoms with Crippen LogP contribution in [0.4, 0.5) is 27.6 Å². The molecule has 4 aromatic heterocycles. The Labute approximate surface area is 288 Å². The van der Waals surface area contributed by atoms with Crippen LogP contribution in [0.2, 0.25) is 5.02 Å². The van der Waals surface area contributed by atoms with E-state index in [2.05, 4.69) is 25.5 Å². The Hall–Kier alpha value is -5.43. The quantitative estimate of drug-likeness (QED) is 0.243. The molecule has 1 saturated heterocycles. The Kier molecular flexibility index (Phi) is 8.49. The molecule has 2 amide bonds. The molecular formula is C31H25ClF5N9O5.